The summed E-state index contributed by atoms with van der Waals surface area (Å²) in [4.78, 5) is 7.98. The van der Waals surface area contributed by atoms with Crippen LogP contribution in [0.2, 0.25) is 0 Å². The van der Waals surface area contributed by atoms with Crippen LogP contribution in [0.3, 0.4) is 0 Å². The molecule has 0 bridgehead atoms. The van der Waals surface area contributed by atoms with E-state index in [1.165, 1.54) is 0 Å². The van der Waals surface area contributed by atoms with E-state index in [0.717, 1.165) is 54.0 Å². The van der Waals surface area contributed by atoms with Crippen molar-refractivity contribution in [2.75, 3.05) is 45.6 Å². The first-order chi connectivity index (χ1) is 12.3. The number of fused-ring (bicyclic) bond motifs is 1. The summed E-state index contributed by atoms with van der Waals surface area (Å²) in [5.41, 5.74) is 0. The summed E-state index contributed by atoms with van der Waals surface area (Å²) in [5, 5.41) is 7.53. The first kappa shape index (κ1) is 19.3. The van der Waals surface area contributed by atoms with Gasteiger partial charge in [0.1, 0.15) is 13.2 Å². The van der Waals surface area contributed by atoms with Gasteiger partial charge in [-0.2, -0.15) is 4.98 Å². The summed E-state index contributed by atoms with van der Waals surface area (Å²) in [7, 11) is 2.10. The van der Waals surface area contributed by atoms with Crippen molar-refractivity contribution in [1.82, 2.24) is 20.4 Å². The van der Waals surface area contributed by atoms with E-state index in [0.29, 0.717) is 19.1 Å². The molecule has 1 aromatic heterocycles. The molecular weight excluding hydrogens is 376 g/mol. The van der Waals surface area contributed by atoms with Gasteiger partial charge in [0.15, 0.2) is 17.3 Å². The van der Waals surface area contributed by atoms with Gasteiger partial charge in [0, 0.05) is 36.7 Å². The maximum atomic E-state index is 5.62. The third kappa shape index (κ3) is 4.43. The molecule has 0 aliphatic carbocycles. The van der Waals surface area contributed by atoms with Crippen LogP contribution in [-0.4, -0.2) is 60.7 Å². The van der Waals surface area contributed by atoms with E-state index in [-0.39, 0.29) is 18.4 Å². The molecule has 0 spiro atoms. The Labute approximate surface area is 163 Å². The Bertz CT molecular complexity index is 730. The number of nitrogens with one attached hydrogen (secondary N) is 1. The lowest BCUT2D eigenvalue weighted by Gasteiger charge is -2.30. The summed E-state index contributed by atoms with van der Waals surface area (Å²) in [5.74, 6) is 3.99. The van der Waals surface area contributed by atoms with Crippen molar-refractivity contribution in [3.63, 3.8) is 0 Å². The van der Waals surface area contributed by atoms with Crippen LogP contribution in [0.15, 0.2) is 27.6 Å². The molecule has 7 nitrogen and oxygen atoms in total. The Morgan fingerprint density at radius 3 is 2.96 bits per heavy atom. The van der Waals surface area contributed by atoms with E-state index >= 15 is 0 Å². The molecule has 142 valence electrons. The highest BCUT2D eigenvalue weighted by Crippen LogP contribution is 2.34. The third-order valence-electron chi connectivity index (χ3n) is 4.39. The van der Waals surface area contributed by atoms with Crippen molar-refractivity contribution in [2.45, 2.75) is 17.4 Å². The van der Waals surface area contributed by atoms with Crippen molar-refractivity contribution < 1.29 is 14.0 Å². The Kier molecular flexibility index (Phi) is 6.63. The number of benzene rings is 1. The molecule has 2 aromatic rings. The van der Waals surface area contributed by atoms with Crippen LogP contribution in [0.25, 0.3) is 0 Å². The molecule has 3 heterocycles. The van der Waals surface area contributed by atoms with E-state index < -0.39 is 0 Å². The standard InChI is InChI=1S/C17H22N4O3S.ClH/c1-21-6-5-18-11-13(21)17-19-16(24-20-17)4-9-25-12-2-3-14-15(10-12)23-8-7-22-14;/h2-3,10,13,18H,4-9,11H2,1H3;1H. The van der Waals surface area contributed by atoms with Gasteiger partial charge in [-0.15, -0.1) is 24.2 Å². The molecule has 2 aliphatic heterocycles. The van der Waals surface area contributed by atoms with Crippen molar-refractivity contribution in [3.05, 3.63) is 29.9 Å². The van der Waals surface area contributed by atoms with Gasteiger partial charge in [0.05, 0.1) is 6.04 Å². The number of likely N-dealkylation sites (N-methyl/N-ethyl adjacent to an activating group) is 1. The molecule has 1 N–H and O–H groups in total. The maximum Gasteiger partial charge on any atom is 0.227 e. The zero-order valence-electron chi connectivity index (χ0n) is 14.6. The highest BCUT2D eigenvalue weighted by Gasteiger charge is 2.25. The van der Waals surface area contributed by atoms with Gasteiger partial charge in [-0.3, -0.25) is 4.90 Å². The molecule has 1 unspecified atom stereocenters. The van der Waals surface area contributed by atoms with E-state index in [4.69, 9.17) is 14.0 Å². The molecule has 0 radical (unpaired) electrons. The average molecular weight is 399 g/mol. The van der Waals surface area contributed by atoms with Gasteiger partial charge in [-0.05, 0) is 25.2 Å². The number of ether oxygens (including phenoxy) is 2. The Morgan fingerprint density at radius 2 is 2.12 bits per heavy atom. The minimum Gasteiger partial charge on any atom is -0.486 e. The lowest BCUT2D eigenvalue weighted by atomic mass is 10.2. The topological polar surface area (TPSA) is 72.7 Å². The molecule has 0 saturated carbocycles. The monoisotopic (exact) mass is 398 g/mol. The smallest absolute Gasteiger partial charge is 0.227 e. The fraction of sp³-hybridized carbons (Fsp3) is 0.529. The molecule has 4 rings (SSSR count). The normalized spacial score (nSPS) is 19.8. The van der Waals surface area contributed by atoms with Crippen molar-refractivity contribution in [1.29, 1.82) is 0 Å². The molecule has 1 fully saturated rings. The number of thioether (sulfide) groups is 1. The van der Waals surface area contributed by atoms with Gasteiger partial charge >= 0.3 is 0 Å². The summed E-state index contributed by atoms with van der Waals surface area (Å²) in [6.45, 7) is 4.08. The highest BCUT2D eigenvalue weighted by molar-refractivity contribution is 7.99. The van der Waals surface area contributed by atoms with Crippen LogP contribution >= 0.6 is 24.2 Å². The first-order valence-electron chi connectivity index (χ1n) is 8.55. The third-order valence-corrected chi connectivity index (χ3v) is 5.39. The Morgan fingerprint density at radius 1 is 1.27 bits per heavy atom. The summed E-state index contributed by atoms with van der Waals surface area (Å²) in [6.07, 6.45) is 0.746. The second-order valence-electron chi connectivity index (χ2n) is 6.15. The molecule has 2 aliphatic rings. The quantitative estimate of drug-likeness (QED) is 0.768. The zero-order chi connectivity index (χ0) is 17.1. The van der Waals surface area contributed by atoms with Gasteiger partial charge in [0.25, 0.3) is 0 Å². The van der Waals surface area contributed by atoms with Crippen molar-refractivity contribution in [3.8, 4) is 11.5 Å². The number of rotatable bonds is 5. The SMILES string of the molecule is CN1CCNCC1c1noc(CCSc2ccc3c(c2)OCCO3)n1.Cl. The number of hydrogen-bond acceptors (Lipinski definition) is 8. The largest absolute Gasteiger partial charge is 0.486 e. The fourth-order valence-electron chi connectivity index (χ4n) is 2.97. The second-order valence-corrected chi connectivity index (χ2v) is 7.32. The second kappa shape index (κ2) is 8.94. The Hall–Kier alpha value is -1.48. The lowest BCUT2D eigenvalue weighted by molar-refractivity contribution is 0.171. The maximum absolute atomic E-state index is 5.62. The van der Waals surface area contributed by atoms with Gasteiger partial charge in [-0.25, -0.2) is 0 Å². The molecule has 0 amide bonds. The van der Waals surface area contributed by atoms with Gasteiger partial charge in [-0.1, -0.05) is 5.16 Å². The van der Waals surface area contributed by atoms with E-state index in [2.05, 4.69) is 33.5 Å². The number of hydrogen-bond donors (Lipinski definition) is 1. The van der Waals surface area contributed by atoms with Crippen LogP contribution < -0.4 is 14.8 Å². The van der Waals surface area contributed by atoms with Crippen molar-refractivity contribution >= 4 is 24.2 Å². The first-order valence-corrected chi connectivity index (χ1v) is 9.54. The average Bonchev–Trinajstić information content (AvgIpc) is 3.11. The van der Waals surface area contributed by atoms with Crippen molar-refractivity contribution in [2.24, 2.45) is 0 Å². The van der Waals surface area contributed by atoms with E-state index in [9.17, 15) is 0 Å². The predicted molar refractivity (Wildman–Crippen MR) is 102 cm³/mol. The van der Waals surface area contributed by atoms with Gasteiger partial charge < -0.3 is 19.3 Å². The molecular formula is C17H23ClN4O3S. The van der Waals surface area contributed by atoms with Crippen LogP contribution in [0, 0.1) is 0 Å². The number of halogens is 1. The summed E-state index contributed by atoms with van der Waals surface area (Å²) >= 11 is 1.75. The fourth-order valence-corrected chi connectivity index (χ4v) is 3.84. The lowest BCUT2D eigenvalue weighted by Crippen LogP contribution is -2.44. The molecule has 9 heteroatoms. The van der Waals surface area contributed by atoms with Gasteiger partial charge in [0.2, 0.25) is 5.89 Å². The van der Waals surface area contributed by atoms with Crippen LogP contribution in [0.4, 0.5) is 0 Å². The van der Waals surface area contributed by atoms with E-state index in [1.54, 1.807) is 11.8 Å². The van der Waals surface area contributed by atoms with Crippen LogP contribution in [0.5, 0.6) is 11.5 Å². The van der Waals surface area contributed by atoms with Crippen LogP contribution in [0.1, 0.15) is 17.8 Å². The molecule has 1 aromatic carbocycles. The number of aryl methyl sites for hydroxylation is 1. The zero-order valence-corrected chi connectivity index (χ0v) is 16.3. The molecule has 1 atom stereocenters. The minimum atomic E-state index is 0. The number of piperazine rings is 1. The molecule has 1 saturated heterocycles. The predicted octanol–water partition coefficient (Wildman–Crippen LogP) is 2.17. The summed E-state index contributed by atoms with van der Waals surface area (Å²) in [6, 6.07) is 6.24. The number of nitrogens with zero attached hydrogens (tertiary/aromatic N) is 3. The minimum absolute atomic E-state index is 0. The van der Waals surface area contributed by atoms with Crippen LogP contribution in [-0.2, 0) is 6.42 Å². The molecule has 26 heavy (non-hydrogen) atoms. The number of aromatic nitrogens is 2. The summed E-state index contributed by atoms with van der Waals surface area (Å²) < 4.78 is 16.6. The Balaban J connectivity index is 0.00000196. The van der Waals surface area contributed by atoms with E-state index in [1.807, 2.05) is 12.1 Å². The highest BCUT2D eigenvalue weighted by atomic mass is 35.5.